The summed E-state index contributed by atoms with van der Waals surface area (Å²) in [5.41, 5.74) is 7.80. The van der Waals surface area contributed by atoms with Gasteiger partial charge in [-0.3, -0.25) is 4.98 Å². The molecular weight excluding hydrogens is 255 g/mol. The lowest BCUT2D eigenvalue weighted by atomic mass is 9.98. The summed E-state index contributed by atoms with van der Waals surface area (Å²) in [4.78, 5) is 4.27. The Bertz CT molecular complexity index is 594. The van der Waals surface area contributed by atoms with Crippen LogP contribution in [0.2, 0.25) is 0 Å². The normalized spacial score (nSPS) is 23.1. The van der Waals surface area contributed by atoms with E-state index in [2.05, 4.69) is 4.98 Å². The number of hydrogen-bond donors (Lipinski definition) is 1. The second-order valence-corrected chi connectivity index (χ2v) is 5.46. The van der Waals surface area contributed by atoms with Crippen molar-refractivity contribution in [2.45, 2.75) is 37.8 Å². The molecule has 0 amide bonds. The van der Waals surface area contributed by atoms with Crippen LogP contribution in [0, 0.1) is 5.82 Å². The van der Waals surface area contributed by atoms with Gasteiger partial charge in [0.1, 0.15) is 5.82 Å². The Morgan fingerprint density at radius 3 is 3.00 bits per heavy atom. The summed E-state index contributed by atoms with van der Waals surface area (Å²) in [6.07, 6.45) is 5.92. The Hall–Kier alpha value is -1.52. The lowest BCUT2D eigenvalue weighted by molar-refractivity contribution is 0.00116. The maximum absolute atomic E-state index is 13.4. The number of aryl methyl sites for hydroxylation is 1. The highest BCUT2D eigenvalue weighted by molar-refractivity contribution is 5.81. The summed E-state index contributed by atoms with van der Waals surface area (Å²) in [5.74, 6) is -0.216. The highest BCUT2D eigenvalue weighted by Crippen LogP contribution is 2.22. The Morgan fingerprint density at radius 1 is 1.30 bits per heavy atom. The van der Waals surface area contributed by atoms with Crippen molar-refractivity contribution in [1.82, 2.24) is 4.98 Å². The van der Waals surface area contributed by atoms with Crippen LogP contribution in [-0.4, -0.2) is 23.7 Å². The molecule has 1 aromatic heterocycles. The van der Waals surface area contributed by atoms with Crippen LogP contribution >= 0.6 is 0 Å². The third-order valence-electron chi connectivity index (χ3n) is 3.93. The summed E-state index contributed by atoms with van der Waals surface area (Å²) in [7, 11) is 0. The maximum Gasteiger partial charge on any atom is 0.123 e. The van der Waals surface area contributed by atoms with Crippen LogP contribution in [0.15, 0.2) is 30.5 Å². The van der Waals surface area contributed by atoms with Crippen molar-refractivity contribution in [2.75, 3.05) is 6.61 Å². The van der Waals surface area contributed by atoms with Gasteiger partial charge in [-0.2, -0.15) is 0 Å². The Labute approximate surface area is 118 Å². The second-order valence-electron chi connectivity index (χ2n) is 5.46. The summed E-state index contributed by atoms with van der Waals surface area (Å²) in [6.45, 7) is 0.649. The van der Waals surface area contributed by atoms with E-state index in [1.54, 1.807) is 18.3 Å². The molecule has 3 rings (SSSR count). The van der Waals surface area contributed by atoms with Gasteiger partial charge in [0.05, 0.1) is 18.2 Å². The number of aromatic nitrogens is 1. The summed E-state index contributed by atoms with van der Waals surface area (Å²) in [5, 5.41) is 0.903. The molecule has 1 aliphatic rings. The maximum atomic E-state index is 13.4. The van der Waals surface area contributed by atoms with Crippen LogP contribution < -0.4 is 5.73 Å². The van der Waals surface area contributed by atoms with Gasteiger partial charge in [-0.15, -0.1) is 0 Å². The zero-order valence-electron chi connectivity index (χ0n) is 11.4. The standard InChI is InChI=1S/C16H19FN2O/c17-12-2-6-16-15(9-12)11(7-8-19-16)1-4-14-5-3-13(18)10-20-14/h2,6-9,13-14H,1,3-5,10,18H2/t13-,14-/m0/s1. The Balaban J connectivity index is 1.72. The smallest absolute Gasteiger partial charge is 0.123 e. The van der Waals surface area contributed by atoms with Gasteiger partial charge >= 0.3 is 0 Å². The molecule has 4 heteroatoms. The van der Waals surface area contributed by atoms with Crippen LogP contribution in [-0.2, 0) is 11.2 Å². The molecule has 0 radical (unpaired) electrons. The summed E-state index contributed by atoms with van der Waals surface area (Å²) in [6, 6.07) is 6.89. The summed E-state index contributed by atoms with van der Waals surface area (Å²) < 4.78 is 19.1. The molecule has 1 aromatic carbocycles. The van der Waals surface area contributed by atoms with Crippen molar-refractivity contribution >= 4 is 10.9 Å². The summed E-state index contributed by atoms with van der Waals surface area (Å²) >= 11 is 0. The number of nitrogens with zero attached hydrogens (tertiary/aromatic N) is 1. The lowest BCUT2D eigenvalue weighted by Gasteiger charge is -2.26. The van der Waals surface area contributed by atoms with Gasteiger partial charge in [0.15, 0.2) is 0 Å². The van der Waals surface area contributed by atoms with Gasteiger partial charge in [0.25, 0.3) is 0 Å². The monoisotopic (exact) mass is 274 g/mol. The van der Waals surface area contributed by atoms with Crippen LogP contribution in [0.4, 0.5) is 4.39 Å². The molecule has 2 heterocycles. The van der Waals surface area contributed by atoms with Gasteiger partial charge in [-0.25, -0.2) is 4.39 Å². The van der Waals surface area contributed by atoms with E-state index < -0.39 is 0 Å². The van der Waals surface area contributed by atoms with Crippen molar-refractivity contribution in [3.05, 3.63) is 41.8 Å². The fourth-order valence-corrected chi connectivity index (χ4v) is 2.76. The molecule has 20 heavy (non-hydrogen) atoms. The highest BCUT2D eigenvalue weighted by Gasteiger charge is 2.19. The van der Waals surface area contributed by atoms with E-state index in [0.717, 1.165) is 42.1 Å². The van der Waals surface area contributed by atoms with Crippen LogP contribution in [0.1, 0.15) is 24.8 Å². The molecule has 1 aliphatic heterocycles. The number of pyridine rings is 1. The second kappa shape index (κ2) is 5.85. The molecule has 1 fully saturated rings. The molecule has 0 bridgehead atoms. The fraction of sp³-hybridized carbons (Fsp3) is 0.438. The zero-order valence-corrected chi connectivity index (χ0v) is 11.4. The van der Waals surface area contributed by atoms with E-state index in [9.17, 15) is 4.39 Å². The van der Waals surface area contributed by atoms with Gasteiger partial charge < -0.3 is 10.5 Å². The number of fused-ring (bicyclic) bond motifs is 1. The molecule has 0 spiro atoms. The molecule has 0 unspecified atom stereocenters. The van der Waals surface area contributed by atoms with Crippen molar-refractivity contribution in [1.29, 1.82) is 0 Å². The first-order valence-corrected chi connectivity index (χ1v) is 7.13. The number of ether oxygens (including phenoxy) is 1. The Kier molecular flexibility index (Phi) is 3.94. The number of nitrogens with two attached hydrogens (primary N) is 1. The Morgan fingerprint density at radius 2 is 2.20 bits per heavy atom. The van der Waals surface area contributed by atoms with Gasteiger partial charge in [-0.05, 0) is 55.5 Å². The number of benzene rings is 1. The van der Waals surface area contributed by atoms with Gasteiger partial charge in [-0.1, -0.05) is 0 Å². The van der Waals surface area contributed by atoms with Crippen LogP contribution in [0.5, 0.6) is 0 Å². The minimum Gasteiger partial charge on any atom is -0.377 e. The van der Waals surface area contributed by atoms with E-state index >= 15 is 0 Å². The predicted octanol–water partition coefficient (Wildman–Crippen LogP) is 2.81. The van der Waals surface area contributed by atoms with E-state index in [-0.39, 0.29) is 18.0 Å². The molecule has 1 saturated heterocycles. The topological polar surface area (TPSA) is 48.1 Å². The minimum atomic E-state index is -0.216. The zero-order chi connectivity index (χ0) is 13.9. The van der Waals surface area contributed by atoms with E-state index in [1.807, 2.05) is 6.07 Å². The average Bonchev–Trinajstić information content (AvgIpc) is 2.47. The van der Waals surface area contributed by atoms with Crippen molar-refractivity contribution in [3.63, 3.8) is 0 Å². The predicted molar refractivity (Wildman–Crippen MR) is 77.0 cm³/mol. The fourth-order valence-electron chi connectivity index (χ4n) is 2.76. The first kappa shape index (κ1) is 13.5. The number of hydrogen-bond acceptors (Lipinski definition) is 3. The van der Waals surface area contributed by atoms with E-state index in [4.69, 9.17) is 10.5 Å². The van der Waals surface area contributed by atoms with E-state index in [0.29, 0.717) is 6.61 Å². The first-order chi connectivity index (χ1) is 9.72. The minimum absolute atomic E-state index is 0.183. The average molecular weight is 274 g/mol. The van der Waals surface area contributed by atoms with Crippen LogP contribution in [0.25, 0.3) is 10.9 Å². The highest BCUT2D eigenvalue weighted by atomic mass is 19.1. The molecule has 2 aromatic rings. The molecule has 2 N–H and O–H groups in total. The largest absolute Gasteiger partial charge is 0.377 e. The lowest BCUT2D eigenvalue weighted by Crippen LogP contribution is -2.35. The van der Waals surface area contributed by atoms with Gasteiger partial charge in [0.2, 0.25) is 0 Å². The number of halogens is 1. The quantitative estimate of drug-likeness (QED) is 0.936. The third-order valence-corrected chi connectivity index (χ3v) is 3.93. The number of rotatable bonds is 3. The molecule has 3 nitrogen and oxygen atoms in total. The first-order valence-electron chi connectivity index (χ1n) is 7.13. The molecular formula is C16H19FN2O. The van der Waals surface area contributed by atoms with Crippen molar-refractivity contribution in [3.8, 4) is 0 Å². The SMILES string of the molecule is N[C@H]1CC[C@H](CCc2ccnc3ccc(F)cc23)OC1. The van der Waals surface area contributed by atoms with Crippen LogP contribution in [0.3, 0.4) is 0 Å². The molecule has 0 saturated carbocycles. The third kappa shape index (κ3) is 2.97. The molecule has 106 valence electrons. The van der Waals surface area contributed by atoms with Crippen molar-refractivity contribution in [2.24, 2.45) is 5.73 Å². The molecule has 0 aliphatic carbocycles. The van der Waals surface area contributed by atoms with Crippen molar-refractivity contribution < 1.29 is 9.13 Å². The van der Waals surface area contributed by atoms with E-state index in [1.165, 1.54) is 6.07 Å². The van der Waals surface area contributed by atoms with Gasteiger partial charge in [0, 0.05) is 17.6 Å². The molecule has 2 atom stereocenters.